The van der Waals surface area contributed by atoms with E-state index in [4.69, 9.17) is 9.72 Å². The number of nitrogens with zero attached hydrogens (tertiary/aromatic N) is 4. The van der Waals surface area contributed by atoms with Gasteiger partial charge in [0.2, 0.25) is 0 Å². The number of fused-ring (bicyclic) bond motifs is 1. The fourth-order valence-electron chi connectivity index (χ4n) is 3.22. The van der Waals surface area contributed by atoms with Gasteiger partial charge in [-0.25, -0.2) is 9.97 Å². The molecule has 1 aliphatic heterocycles. The van der Waals surface area contributed by atoms with Gasteiger partial charge in [-0.15, -0.1) is 0 Å². The maximum Gasteiger partial charge on any atom is 0.161 e. The number of hydrogen-bond acceptors (Lipinski definition) is 4. The molecule has 1 saturated heterocycles. The Morgan fingerprint density at radius 2 is 2.29 bits per heavy atom. The second-order valence-electron chi connectivity index (χ2n) is 5.80. The average Bonchev–Trinajstić information content (AvgIpc) is 2.86. The molecule has 0 radical (unpaired) electrons. The molecule has 0 aromatic carbocycles. The Bertz CT molecular complexity index is 595. The summed E-state index contributed by atoms with van der Waals surface area (Å²) in [5.41, 5.74) is 2.02. The summed E-state index contributed by atoms with van der Waals surface area (Å²) in [7, 11) is 3.96. The molecule has 2 aromatic heterocycles. The molecule has 2 aromatic rings. The molecule has 1 aliphatic rings. The molecule has 5 nitrogen and oxygen atoms in total. The number of aromatic nitrogens is 3. The second kappa shape index (κ2) is 6.54. The lowest BCUT2D eigenvalue weighted by Crippen LogP contribution is -2.34. The van der Waals surface area contributed by atoms with E-state index in [-0.39, 0.29) is 0 Å². The van der Waals surface area contributed by atoms with Gasteiger partial charge in [-0.1, -0.05) is 0 Å². The number of piperidine rings is 1. The zero-order chi connectivity index (χ0) is 14.7. The molecule has 3 heterocycles. The van der Waals surface area contributed by atoms with E-state index in [0.29, 0.717) is 6.17 Å². The Hall–Kier alpha value is -1.46. The van der Waals surface area contributed by atoms with E-state index >= 15 is 0 Å². The summed E-state index contributed by atoms with van der Waals surface area (Å²) >= 11 is 0. The topological polar surface area (TPSA) is 43.2 Å². The van der Waals surface area contributed by atoms with E-state index in [9.17, 15) is 0 Å². The molecule has 0 spiro atoms. The van der Waals surface area contributed by atoms with Gasteiger partial charge in [-0.2, -0.15) is 0 Å². The van der Waals surface area contributed by atoms with Crippen molar-refractivity contribution in [1.29, 1.82) is 0 Å². The van der Waals surface area contributed by atoms with E-state index < -0.39 is 0 Å². The van der Waals surface area contributed by atoms with Crippen molar-refractivity contribution in [2.24, 2.45) is 0 Å². The van der Waals surface area contributed by atoms with Crippen LogP contribution in [-0.2, 0) is 11.2 Å². The molecule has 5 heteroatoms. The van der Waals surface area contributed by atoms with Crippen LogP contribution in [0.25, 0.3) is 11.2 Å². The van der Waals surface area contributed by atoms with Crippen LogP contribution in [0.1, 0.15) is 37.7 Å². The van der Waals surface area contributed by atoms with E-state index in [2.05, 4.69) is 27.6 Å². The molecule has 1 unspecified atom stereocenters. The Labute approximate surface area is 125 Å². The maximum atomic E-state index is 5.18. The Kier molecular flexibility index (Phi) is 4.51. The third kappa shape index (κ3) is 2.94. The van der Waals surface area contributed by atoms with Gasteiger partial charge in [0, 0.05) is 26.3 Å². The molecule has 114 valence electrons. The minimum atomic E-state index is 0.385. The quantitative estimate of drug-likeness (QED) is 0.793. The summed E-state index contributed by atoms with van der Waals surface area (Å²) in [6, 6.07) is 4.02. The van der Waals surface area contributed by atoms with Crippen LogP contribution in [0.2, 0.25) is 0 Å². The predicted molar refractivity (Wildman–Crippen MR) is 83.2 cm³/mol. The van der Waals surface area contributed by atoms with Gasteiger partial charge in [0.05, 0.1) is 6.17 Å². The number of ether oxygens (including phenoxy) is 1. The van der Waals surface area contributed by atoms with Crippen LogP contribution in [0, 0.1) is 0 Å². The highest BCUT2D eigenvalue weighted by Crippen LogP contribution is 2.29. The van der Waals surface area contributed by atoms with E-state index in [1.807, 2.05) is 12.3 Å². The third-order valence-electron chi connectivity index (χ3n) is 4.30. The average molecular weight is 288 g/mol. The number of hydrogen-bond donors (Lipinski definition) is 0. The molecule has 1 atom stereocenters. The van der Waals surface area contributed by atoms with Gasteiger partial charge >= 0.3 is 0 Å². The van der Waals surface area contributed by atoms with Gasteiger partial charge in [0.25, 0.3) is 0 Å². The highest BCUT2D eigenvalue weighted by atomic mass is 16.5. The van der Waals surface area contributed by atoms with Crippen molar-refractivity contribution in [3.05, 3.63) is 24.2 Å². The van der Waals surface area contributed by atoms with Crippen molar-refractivity contribution < 1.29 is 4.74 Å². The van der Waals surface area contributed by atoms with Crippen molar-refractivity contribution >= 4 is 11.2 Å². The van der Waals surface area contributed by atoms with Crippen molar-refractivity contribution in [2.45, 2.75) is 38.3 Å². The third-order valence-corrected chi connectivity index (χ3v) is 4.30. The smallest absolute Gasteiger partial charge is 0.161 e. The number of aryl methyl sites for hydroxylation is 1. The fraction of sp³-hybridized carbons (Fsp3) is 0.625. The van der Waals surface area contributed by atoms with Crippen molar-refractivity contribution in [3.63, 3.8) is 0 Å². The minimum absolute atomic E-state index is 0.385. The van der Waals surface area contributed by atoms with Crippen LogP contribution < -0.4 is 0 Å². The molecule has 21 heavy (non-hydrogen) atoms. The van der Waals surface area contributed by atoms with Crippen LogP contribution in [0.4, 0.5) is 0 Å². The van der Waals surface area contributed by atoms with Crippen molar-refractivity contribution in [3.8, 4) is 0 Å². The summed E-state index contributed by atoms with van der Waals surface area (Å²) in [5, 5.41) is 0. The largest absolute Gasteiger partial charge is 0.385 e. The Morgan fingerprint density at radius 3 is 3.10 bits per heavy atom. The van der Waals surface area contributed by atoms with Crippen molar-refractivity contribution in [2.75, 3.05) is 27.3 Å². The molecular weight excluding hydrogens is 264 g/mol. The molecule has 1 fully saturated rings. The van der Waals surface area contributed by atoms with E-state index in [0.717, 1.165) is 43.0 Å². The van der Waals surface area contributed by atoms with Crippen LogP contribution in [0.15, 0.2) is 18.3 Å². The first-order valence-electron chi connectivity index (χ1n) is 7.82. The van der Waals surface area contributed by atoms with Gasteiger partial charge < -0.3 is 4.74 Å². The van der Waals surface area contributed by atoms with Gasteiger partial charge in [0.1, 0.15) is 11.3 Å². The van der Waals surface area contributed by atoms with Crippen LogP contribution >= 0.6 is 0 Å². The first kappa shape index (κ1) is 14.5. The standard InChI is InChI=1S/C16H24N4O/c1-19-11-4-3-9-15(19)20-14(8-6-12-21-2)18-13-7-5-10-17-16(13)20/h5,7,10,15H,3-4,6,8-9,11-12H2,1-2H3. The van der Waals surface area contributed by atoms with Crippen LogP contribution in [0.3, 0.4) is 0 Å². The van der Waals surface area contributed by atoms with Gasteiger partial charge in [0.15, 0.2) is 5.65 Å². The zero-order valence-electron chi connectivity index (χ0n) is 13.0. The molecular formula is C16H24N4O. The number of methoxy groups -OCH3 is 1. The first-order valence-corrected chi connectivity index (χ1v) is 7.82. The second-order valence-corrected chi connectivity index (χ2v) is 5.80. The highest BCUT2D eigenvalue weighted by molar-refractivity contribution is 5.71. The van der Waals surface area contributed by atoms with Crippen LogP contribution in [-0.4, -0.2) is 46.7 Å². The number of likely N-dealkylation sites (tertiary alicyclic amines) is 1. The fourth-order valence-corrected chi connectivity index (χ4v) is 3.22. The molecule has 0 N–H and O–H groups in total. The summed E-state index contributed by atoms with van der Waals surface area (Å²) in [6.07, 6.45) is 7.92. The highest BCUT2D eigenvalue weighted by Gasteiger charge is 2.25. The Morgan fingerprint density at radius 1 is 1.38 bits per heavy atom. The number of imidazole rings is 1. The number of pyridine rings is 1. The summed E-state index contributed by atoms with van der Waals surface area (Å²) in [6.45, 7) is 1.92. The molecule has 0 saturated carbocycles. The molecule has 0 aliphatic carbocycles. The first-order chi connectivity index (χ1) is 10.3. The molecule has 3 rings (SSSR count). The monoisotopic (exact) mass is 288 g/mol. The van der Waals surface area contributed by atoms with Gasteiger partial charge in [-0.05, 0) is 51.4 Å². The predicted octanol–water partition coefficient (Wildman–Crippen LogP) is 2.62. The number of rotatable bonds is 5. The Balaban J connectivity index is 1.98. The lowest BCUT2D eigenvalue weighted by molar-refractivity contribution is 0.126. The lowest BCUT2D eigenvalue weighted by Gasteiger charge is -2.34. The summed E-state index contributed by atoms with van der Waals surface area (Å²) < 4.78 is 7.53. The minimum Gasteiger partial charge on any atom is -0.385 e. The summed E-state index contributed by atoms with van der Waals surface area (Å²) in [4.78, 5) is 11.8. The van der Waals surface area contributed by atoms with E-state index in [1.165, 1.54) is 19.3 Å². The van der Waals surface area contributed by atoms with Gasteiger partial charge in [-0.3, -0.25) is 9.47 Å². The van der Waals surface area contributed by atoms with E-state index in [1.54, 1.807) is 7.11 Å². The van der Waals surface area contributed by atoms with Crippen molar-refractivity contribution in [1.82, 2.24) is 19.4 Å². The van der Waals surface area contributed by atoms with Crippen LogP contribution in [0.5, 0.6) is 0 Å². The zero-order valence-corrected chi connectivity index (χ0v) is 13.0. The normalized spacial score (nSPS) is 20.2. The lowest BCUT2D eigenvalue weighted by atomic mass is 10.1. The SMILES string of the molecule is COCCCc1nc2cccnc2n1C1CCCCN1C. The maximum absolute atomic E-state index is 5.18. The summed E-state index contributed by atoms with van der Waals surface area (Å²) in [5.74, 6) is 1.14. The molecule has 0 amide bonds. The molecule has 0 bridgehead atoms.